The number of fused-ring (bicyclic) bond motifs is 1. The molecular weight excluding hydrogens is 308 g/mol. The van der Waals surface area contributed by atoms with Gasteiger partial charge in [0.1, 0.15) is 0 Å². The second-order valence-corrected chi connectivity index (χ2v) is 6.50. The van der Waals surface area contributed by atoms with Crippen LogP contribution in [0.1, 0.15) is 27.2 Å². The number of amides is 1. The molecule has 4 N–H and O–H groups in total. The van der Waals surface area contributed by atoms with Crippen molar-refractivity contribution in [1.82, 2.24) is 14.9 Å². The van der Waals surface area contributed by atoms with Gasteiger partial charge in [0.15, 0.2) is 0 Å². The fourth-order valence-corrected chi connectivity index (χ4v) is 2.49. The number of hydrogen-bond acceptors (Lipinski definition) is 4. The highest BCUT2D eigenvalue weighted by Gasteiger charge is 2.28. The molecule has 0 saturated heterocycles. The number of nitrogens with one attached hydrogen (secondary N) is 2. The van der Waals surface area contributed by atoms with E-state index < -0.39 is 16.8 Å². The van der Waals surface area contributed by atoms with Gasteiger partial charge in [-0.1, -0.05) is 26.0 Å². The lowest BCUT2D eigenvalue weighted by Gasteiger charge is -2.33. The number of aromatic nitrogens is 2. The normalized spacial score (nSPS) is 13.9. The van der Waals surface area contributed by atoms with E-state index in [4.69, 9.17) is 5.73 Å². The van der Waals surface area contributed by atoms with E-state index in [1.807, 2.05) is 20.8 Å². The minimum absolute atomic E-state index is 0.123. The van der Waals surface area contributed by atoms with Crippen molar-refractivity contribution in [2.24, 2.45) is 11.7 Å². The van der Waals surface area contributed by atoms with Gasteiger partial charge in [-0.05, 0) is 25.0 Å². The fraction of sp³-hybridized carbons (Fsp3) is 0.471. The lowest BCUT2D eigenvalue weighted by molar-refractivity contribution is -0.123. The standard InChI is InChI=1S/C17H24N4O3/c1-11(2)17(3,10-18)20-14(22)8-9-21-13-7-5-4-6-12(13)15(23)19-16(21)24/h4-7,11H,8-10,18H2,1-3H3,(H,20,22)(H,19,23,24). The number of nitrogens with zero attached hydrogens (tertiary/aromatic N) is 1. The van der Waals surface area contributed by atoms with Gasteiger partial charge in [0, 0.05) is 19.5 Å². The molecular formula is C17H24N4O3. The van der Waals surface area contributed by atoms with Gasteiger partial charge >= 0.3 is 5.69 Å². The maximum Gasteiger partial charge on any atom is 0.328 e. The third-order valence-corrected chi connectivity index (χ3v) is 4.59. The van der Waals surface area contributed by atoms with E-state index in [-0.39, 0.29) is 24.8 Å². The molecule has 24 heavy (non-hydrogen) atoms. The number of benzene rings is 1. The molecule has 0 aliphatic rings. The number of aryl methyl sites for hydroxylation is 1. The summed E-state index contributed by atoms with van der Waals surface area (Å²) in [5.74, 6) is 0.00177. The molecule has 0 radical (unpaired) electrons. The van der Waals surface area contributed by atoms with Crippen LogP contribution in [0.15, 0.2) is 33.9 Å². The van der Waals surface area contributed by atoms with Crippen LogP contribution in [-0.2, 0) is 11.3 Å². The molecule has 7 heteroatoms. The zero-order valence-electron chi connectivity index (χ0n) is 14.3. The van der Waals surface area contributed by atoms with Crippen LogP contribution in [0.4, 0.5) is 0 Å². The van der Waals surface area contributed by atoms with E-state index in [0.29, 0.717) is 17.4 Å². The summed E-state index contributed by atoms with van der Waals surface area (Å²) in [6.07, 6.45) is 0.123. The van der Waals surface area contributed by atoms with Gasteiger partial charge in [0.2, 0.25) is 5.91 Å². The molecule has 7 nitrogen and oxygen atoms in total. The van der Waals surface area contributed by atoms with Crippen molar-refractivity contribution in [3.63, 3.8) is 0 Å². The molecule has 2 rings (SSSR count). The second kappa shape index (κ2) is 7.00. The lowest BCUT2D eigenvalue weighted by atomic mass is 9.88. The van der Waals surface area contributed by atoms with Crippen LogP contribution in [-0.4, -0.2) is 27.5 Å². The molecule has 0 saturated carbocycles. The quantitative estimate of drug-likeness (QED) is 0.718. The van der Waals surface area contributed by atoms with E-state index >= 15 is 0 Å². The molecule has 1 aromatic carbocycles. The monoisotopic (exact) mass is 332 g/mol. The highest BCUT2D eigenvalue weighted by molar-refractivity contribution is 5.79. The van der Waals surface area contributed by atoms with Crippen LogP contribution >= 0.6 is 0 Å². The first-order chi connectivity index (χ1) is 11.3. The Morgan fingerprint density at radius 2 is 2.00 bits per heavy atom. The molecule has 2 aromatic rings. The van der Waals surface area contributed by atoms with Gasteiger partial charge < -0.3 is 11.1 Å². The fourth-order valence-electron chi connectivity index (χ4n) is 2.49. The molecule has 0 aliphatic carbocycles. The Morgan fingerprint density at radius 1 is 1.33 bits per heavy atom. The largest absolute Gasteiger partial charge is 0.349 e. The molecule has 130 valence electrons. The molecule has 1 aromatic heterocycles. The number of para-hydroxylation sites is 1. The third kappa shape index (κ3) is 3.56. The predicted molar refractivity (Wildman–Crippen MR) is 93.9 cm³/mol. The Balaban J connectivity index is 2.21. The van der Waals surface area contributed by atoms with Crippen molar-refractivity contribution >= 4 is 16.8 Å². The summed E-state index contributed by atoms with van der Waals surface area (Å²) >= 11 is 0. The van der Waals surface area contributed by atoms with Gasteiger partial charge in [-0.3, -0.25) is 19.1 Å². The first-order valence-corrected chi connectivity index (χ1v) is 8.01. The van der Waals surface area contributed by atoms with Crippen molar-refractivity contribution in [3.8, 4) is 0 Å². The van der Waals surface area contributed by atoms with Crippen LogP contribution in [0.5, 0.6) is 0 Å². The van der Waals surface area contributed by atoms with Crippen molar-refractivity contribution in [2.75, 3.05) is 6.54 Å². The Bertz CT molecular complexity index is 853. The van der Waals surface area contributed by atoms with E-state index in [0.717, 1.165) is 0 Å². The number of H-pyrrole nitrogens is 1. The summed E-state index contributed by atoms with van der Waals surface area (Å²) in [5.41, 5.74) is 4.86. The SMILES string of the molecule is CC(C)C(C)(CN)NC(=O)CCn1c(=O)[nH]c(=O)c2ccccc21. The third-order valence-electron chi connectivity index (χ3n) is 4.59. The summed E-state index contributed by atoms with van der Waals surface area (Å²) in [5, 5.41) is 3.36. The van der Waals surface area contributed by atoms with Crippen molar-refractivity contribution in [2.45, 2.75) is 39.3 Å². The summed E-state index contributed by atoms with van der Waals surface area (Å²) in [7, 11) is 0. The van der Waals surface area contributed by atoms with Crippen LogP contribution in [0.3, 0.4) is 0 Å². The van der Waals surface area contributed by atoms with Gasteiger partial charge in [-0.25, -0.2) is 4.79 Å². The Morgan fingerprint density at radius 3 is 2.62 bits per heavy atom. The number of nitrogens with two attached hydrogens (primary N) is 1. The van der Waals surface area contributed by atoms with E-state index in [2.05, 4.69) is 10.3 Å². The molecule has 1 atom stereocenters. The van der Waals surface area contributed by atoms with Crippen LogP contribution < -0.4 is 22.3 Å². The molecule has 0 fully saturated rings. The summed E-state index contributed by atoms with van der Waals surface area (Å²) in [4.78, 5) is 38.4. The number of carbonyl (C=O) groups excluding carboxylic acids is 1. The number of carbonyl (C=O) groups is 1. The molecule has 1 heterocycles. The number of aromatic amines is 1. The molecule has 1 unspecified atom stereocenters. The Labute approximate surface area is 139 Å². The summed E-state index contributed by atoms with van der Waals surface area (Å²) in [6, 6.07) is 6.83. The minimum atomic E-state index is -0.517. The smallest absolute Gasteiger partial charge is 0.328 e. The van der Waals surface area contributed by atoms with Crippen molar-refractivity contribution in [1.29, 1.82) is 0 Å². The van der Waals surface area contributed by atoms with Crippen LogP contribution in [0, 0.1) is 5.92 Å². The zero-order chi connectivity index (χ0) is 17.9. The first kappa shape index (κ1) is 17.9. The van der Waals surface area contributed by atoms with Crippen LogP contribution in [0.25, 0.3) is 10.9 Å². The average molecular weight is 332 g/mol. The Hall–Kier alpha value is -2.41. The van der Waals surface area contributed by atoms with Gasteiger partial charge in [-0.15, -0.1) is 0 Å². The van der Waals surface area contributed by atoms with E-state index in [1.165, 1.54) is 4.57 Å². The predicted octanol–water partition coefficient (Wildman–Crippen LogP) is 0.570. The highest BCUT2D eigenvalue weighted by Crippen LogP contribution is 2.15. The van der Waals surface area contributed by atoms with E-state index in [1.54, 1.807) is 24.3 Å². The lowest BCUT2D eigenvalue weighted by Crippen LogP contribution is -2.55. The van der Waals surface area contributed by atoms with Gasteiger partial charge in [-0.2, -0.15) is 0 Å². The van der Waals surface area contributed by atoms with Crippen molar-refractivity contribution < 1.29 is 4.79 Å². The van der Waals surface area contributed by atoms with Gasteiger partial charge in [0.05, 0.1) is 16.4 Å². The maximum absolute atomic E-state index is 12.3. The number of hydrogen-bond donors (Lipinski definition) is 3. The average Bonchev–Trinajstić information content (AvgIpc) is 2.54. The second-order valence-electron chi connectivity index (χ2n) is 6.50. The molecule has 0 bridgehead atoms. The summed E-state index contributed by atoms with van der Waals surface area (Å²) < 4.78 is 1.41. The Kier molecular flexibility index (Phi) is 5.23. The number of rotatable bonds is 6. The molecule has 0 aliphatic heterocycles. The summed E-state index contributed by atoms with van der Waals surface area (Å²) in [6.45, 7) is 6.40. The van der Waals surface area contributed by atoms with E-state index in [9.17, 15) is 14.4 Å². The molecule has 0 spiro atoms. The van der Waals surface area contributed by atoms with Crippen molar-refractivity contribution in [3.05, 3.63) is 45.1 Å². The highest BCUT2D eigenvalue weighted by atomic mass is 16.2. The minimum Gasteiger partial charge on any atom is -0.349 e. The maximum atomic E-state index is 12.3. The van der Waals surface area contributed by atoms with Gasteiger partial charge in [0.25, 0.3) is 5.56 Å². The topological polar surface area (TPSA) is 110 Å². The molecule has 1 amide bonds. The van der Waals surface area contributed by atoms with Crippen LogP contribution in [0.2, 0.25) is 0 Å². The zero-order valence-corrected chi connectivity index (χ0v) is 14.3. The first-order valence-electron chi connectivity index (χ1n) is 8.01.